The molecule has 0 aliphatic heterocycles. The minimum absolute atomic E-state index is 0.0642. The first-order valence-electron chi connectivity index (χ1n) is 8.03. The molecule has 0 saturated heterocycles. The lowest BCUT2D eigenvalue weighted by Crippen LogP contribution is -2.30. The lowest BCUT2D eigenvalue weighted by atomic mass is 10.2. The van der Waals surface area contributed by atoms with Gasteiger partial charge in [0.2, 0.25) is 5.95 Å². The molecule has 8 nitrogen and oxygen atoms in total. The summed E-state index contributed by atoms with van der Waals surface area (Å²) in [5.74, 6) is -2.22. The Kier molecular flexibility index (Phi) is 4.40. The zero-order valence-corrected chi connectivity index (χ0v) is 15.7. The number of nitrogens with two attached hydrogens (primary N) is 1. The number of rotatable bonds is 4. The summed E-state index contributed by atoms with van der Waals surface area (Å²) in [6, 6.07) is 11.3. The van der Waals surface area contributed by atoms with Crippen LogP contribution < -0.4 is 10.6 Å². The van der Waals surface area contributed by atoms with Crippen LogP contribution in [0.1, 0.15) is 21.0 Å². The van der Waals surface area contributed by atoms with E-state index in [0.717, 1.165) is 4.90 Å². The zero-order valence-electron chi connectivity index (χ0n) is 14.1. The third-order valence-corrected chi connectivity index (χ3v) is 4.52. The molecule has 0 saturated carbocycles. The number of nitrogens with zero attached hydrogens (tertiary/aromatic N) is 3. The normalized spacial score (nSPS) is 10.9. The molecule has 0 spiro atoms. The van der Waals surface area contributed by atoms with Crippen LogP contribution in [0.15, 0.2) is 53.3 Å². The van der Waals surface area contributed by atoms with E-state index in [9.17, 15) is 14.0 Å². The number of anilines is 2. The van der Waals surface area contributed by atoms with Crippen LogP contribution in [0.3, 0.4) is 0 Å². The Morgan fingerprint density at radius 2 is 1.96 bits per heavy atom. The highest BCUT2D eigenvalue weighted by molar-refractivity contribution is 9.10. The number of carbonyl (C=O) groups is 2. The maximum absolute atomic E-state index is 14.7. The van der Waals surface area contributed by atoms with Crippen LogP contribution in [-0.4, -0.2) is 31.8 Å². The zero-order chi connectivity index (χ0) is 19.8. The number of nitrogens with one attached hydrogen (secondary N) is 2. The first-order chi connectivity index (χ1) is 13.5. The minimum Gasteiger partial charge on any atom is -0.364 e. The molecule has 0 aliphatic carbocycles. The van der Waals surface area contributed by atoms with Gasteiger partial charge < -0.3 is 15.7 Å². The summed E-state index contributed by atoms with van der Waals surface area (Å²) in [6.07, 6.45) is 1.17. The number of aromatic nitrogens is 4. The number of amides is 2. The number of hydrogen-bond donors (Lipinski definition) is 3. The summed E-state index contributed by atoms with van der Waals surface area (Å²) < 4.78 is 15.2. The first-order valence-corrected chi connectivity index (χ1v) is 8.82. The molecule has 2 aromatic carbocycles. The van der Waals surface area contributed by atoms with Gasteiger partial charge in [-0.1, -0.05) is 28.1 Å². The molecule has 2 heterocycles. The first kappa shape index (κ1) is 17.9. The Labute approximate surface area is 165 Å². The van der Waals surface area contributed by atoms with Crippen molar-refractivity contribution in [2.45, 2.75) is 0 Å². The van der Waals surface area contributed by atoms with Crippen molar-refractivity contribution in [3.05, 3.63) is 70.5 Å². The fourth-order valence-corrected chi connectivity index (χ4v) is 3.11. The van der Waals surface area contributed by atoms with Crippen molar-refractivity contribution in [1.82, 2.24) is 19.9 Å². The SMILES string of the molecule is NC(=O)c1[nH]cnc1C(=O)N(c1nc2ccccc2[nH]1)c1ccc(Br)cc1F. The van der Waals surface area contributed by atoms with Crippen LogP contribution in [0, 0.1) is 5.82 Å². The van der Waals surface area contributed by atoms with Gasteiger partial charge in [0, 0.05) is 4.47 Å². The molecule has 0 radical (unpaired) electrons. The van der Waals surface area contributed by atoms with Gasteiger partial charge in [-0.05, 0) is 30.3 Å². The molecule has 10 heteroatoms. The van der Waals surface area contributed by atoms with Gasteiger partial charge in [0.15, 0.2) is 5.69 Å². The highest BCUT2D eigenvalue weighted by Crippen LogP contribution is 2.31. The van der Waals surface area contributed by atoms with Crippen molar-refractivity contribution in [1.29, 1.82) is 0 Å². The summed E-state index contributed by atoms with van der Waals surface area (Å²) in [7, 11) is 0. The van der Waals surface area contributed by atoms with Crippen molar-refractivity contribution < 1.29 is 14.0 Å². The molecule has 4 aromatic rings. The van der Waals surface area contributed by atoms with E-state index in [-0.39, 0.29) is 23.0 Å². The van der Waals surface area contributed by atoms with Crippen molar-refractivity contribution in [3.63, 3.8) is 0 Å². The van der Waals surface area contributed by atoms with Gasteiger partial charge in [-0.2, -0.15) is 0 Å². The molecular formula is C18H12BrFN6O2. The van der Waals surface area contributed by atoms with Crippen LogP contribution in [0.5, 0.6) is 0 Å². The van der Waals surface area contributed by atoms with E-state index in [1.165, 1.54) is 18.5 Å². The van der Waals surface area contributed by atoms with E-state index in [2.05, 4.69) is 35.9 Å². The van der Waals surface area contributed by atoms with Crippen LogP contribution >= 0.6 is 15.9 Å². The molecular weight excluding hydrogens is 431 g/mol. The second-order valence-electron chi connectivity index (χ2n) is 5.80. The standard InChI is InChI=1S/C18H12BrFN6O2/c19-9-5-6-13(10(20)7-9)26(17(28)15-14(16(21)27)22-8-23-15)18-24-11-3-1-2-4-12(11)25-18/h1-8H,(H2,21,27)(H,22,23)(H,24,25). The van der Waals surface area contributed by atoms with Gasteiger partial charge in [-0.3, -0.25) is 9.59 Å². The van der Waals surface area contributed by atoms with Crippen LogP contribution in [0.2, 0.25) is 0 Å². The van der Waals surface area contributed by atoms with E-state index < -0.39 is 17.6 Å². The molecule has 4 rings (SSSR count). The quantitative estimate of drug-likeness (QED) is 0.448. The number of imidazole rings is 2. The largest absolute Gasteiger partial charge is 0.364 e. The molecule has 0 unspecified atom stereocenters. The van der Waals surface area contributed by atoms with Crippen molar-refractivity contribution >= 4 is 50.4 Å². The fraction of sp³-hybridized carbons (Fsp3) is 0. The van der Waals surface area contributed by atoms with E-state index in [1.54, 1.807) is 30.3 Å². The third-order valence-electron chi connectivity index (χ3n) is 4.03. The Morgan fingerprint density at radius 3 is 2.68 bits per heavy atom. The minimum atomic E-state index is -0.860. The number of benzene rings is 2. The van der Waals surface area contributed by atoms with E-state index >= 15 is 0 Å². The van der Waals surface area contributed by atoms with E-state index in [0.29, 0.717) is 15.5 Å². The summed E-state index contributed by atoms with van der Waals surface area (Å²) >= 11 is 3.19. The lowest BCUT2D eigenvalue weighted by molar-refractivity contribution is 0.0961. The topological polar surface area (TPSA) is 121 Å². The molecule has 2 amide bonds. The number of halogens is 2. The Morgan fingerprint density at radius 1 is 1.18 bits per heavy atom. The van der Waals surface area contributed by atoms with E-state index in [4.69, 9.17) is 5.73 Å². The second-order valence-corrected chi connectivity index (χ2v) is 6.72. The van der Waals surface area contributed by atoms with Gasteiger partial charge in [0.1, 0.15) is 11.5 Å². The number of fused-ring (bicyclic) bond motifs is 1. The number of para-hydroxylation sites is 2. The molecule has 140 valence electrons. The van der Waals surface area contributed by atoms with Gasteiger partial charge in [0.25, 0.3) is 11.8 Å². The van der Waals surface area contributed by atoms with Crippen molar-refractivity contribution in [3.8, 4) is 0 Å². The number of hydrogen-bond acceptors (Lipinski definition) is 4. The fourth-order valence-electron chi connectivity index (χ4n) is 2.78. The monoisotopic (exact) mass is 442 g/mol. The van der Waals surface area contributed by atoms with Crippen LogP contribution in [0.4, 0.5) is 16.0 Å². The molecule has 2 aromatic heterocycles. The highest BCUT2D eigenvalue weighted by Gasteiger charge is 2.30. The number of carbonyl (C=O) groups excluding carboxylic acids is 2. The average Bonchev–Trinajstić information content (AvgIpc) is 3.30. The van der Waals surface area contributed by atoms with Gasteiger partial charge in [0.05, 0.1) is 23.0 Å². The number of primary amides is 1. The molecule has 0 fully saturated rings. The second kappa shape index (κ2) is 6.89. The van der Waals surface area contributed by atoms with Crippen molar-refractivity contribution in [2.24, 2.45) is 5.73 Å². The molecule has 4 N–H and O–H groups in total. The highest BCUT2D eigenvalue weighted by atomic mass is 79.9. The maximum atomic E-state index is 14.7. The Bertz CT molecular complexity index is 1180. The molecule has 0 aliphatic rings. The Hall–Kier alpha value is -3.53. The maximum Gasteiger partial charge on any atom is 0.286 e. The number of aromatic amines is 2. The predicted octanol–water partition coefficient (Wildman–Crippen LogP) is 3.27. The summed E-state index contributed by atoms with van der Waals surface area (Å²) in [5, 5.41) is 0. The lowest BCUT2D eigenvalue weighted by Gasteiger charge is -2.20. The molecule has 0 bridgehead atoms. The molecule has 0 atom stereocenters. The van der Waals surface area contributed by atoms with E-state index in [1.807, 2.05) is 0 Å². The van der Waals surface area contributed by atoms with Gasteiger partial charge in [-0.15, -0.1) is 0 Å². The predicted molar refractivity (Wildman–Crippen MR) is 104 cm³/mol. The summed E-state index contributed by atoms with van der Waals surface area (Å²) in [4.78, 5) is 39.7. The summed E-state index contributed by atoms with van der Waals surface area (Å²) in [5.41, 5.74) is 6.06. The number of H-pyrrole nitrogens is 2. The average molecular weight is 443 g/mol. The smallest absolute Gasteiger partial charge is 0.286 e. The van der Waals surface area contributed by atoms with Gasteiger partial charge >= 0.3 is 0 Å². The van der Waals surface area contributed by atoms with Gasteiger partial charge in [-0.25, -0.2) is 19.3 Å². The summed E-state index contributed by atoms with van der Waals surface area (Å²) in [6.45, 7) is 0. The van der Waals surface area contributed by atoms with Crippen LogP contribution in [0.25, 0.3) is 11.0 Å². The van der Waals surface area contributed by atoms with Crippen molar-refractivity contribution in [2.75, 3.05) is 4.90 Å². The van der Waals surface area contributed by atoms with Crippen LogP contribution in [-0.2, 0) is 0 Å². The third kappa shape index (κ3) is 3.03. The Balaban J connectivity index is 1.91. The molecule has 28 heavy (non-hydrogen) atoms.